The molecule has 21 heavy (non-hydrogen) atoms. The number of benzene rings is 1. The van der Waals surface area contributed by atoms with Crippen LogP contribution < -0.4 is 4.72 Å². The zero-order chi connectivity index (χ0) is 15.7. The van der Waals surface area contributed by atoms with Crippen LogP contribution in [0.5, 0.6) is 0 Å². The van der Waals surface area contributed by atoms with E-state index in [0.717, 1.165) is 18.2 Å². The lowest BCUT2D eigenvalue weighted by atomic mass is 10.2. The Balaban J connectivity index is 2.46. The van der Waals surface area contributed by atoms with E-state index >= 15 is 0 Å². The summed E-state index contributed by atoms with van der Waals surface area (Å²) < 4.78 is 49.6. The van der Waals surface area contributed by atoms with Crippen molar-refractivity contribution >= 4 is 10.0 Å². The summed E-state index contributed by atoms with van der Waals surface area (Å²) in [6, 6.07) is 3.30. The third-order valence-corrected chi connectivity index (χ3v) is 4.15. The molecule has 0 radical (unpaired) electrons. The molecule has 8 heteroatoms. The van der Waals surface area contributed by atoms with Gasteiger partial charge in [0.2, 0.25) is 10.0 Å². The van der Waals surface area contributed by atoms with Gasteiger partial charge in [0, 0.05) is 25.8 Å². The van der Waals surface area contributed by atoms with Gasteiger partial charge < -0.3 is 14.6 Å². The van der Waals surface area contributed by atoms with Crippen LogP contribution in [0.3, 0.4) is 0 Å². The van der Waals surface area contributed by atoms with Gasteiger partial charge in [-0.2, -0.15) is 0 Å². The Morgan fingerprint density at radius 1 is 1.29 bits per heavy atom. The second-order valence-corrected chi connectivity index (χ2v) is 6.03. The SMILES string of the molecule is COCCOCCCNS(=O)(=O)c1ccc(F)c(CO)c1. The third-order valence-electron chi connectivity index (χ3n) is 2.69. The summed E-state index contributed by atoms with van der Waals surface area (Å²) in [4.78, 5) is -0.0757. The molecular weight excluding hydrogens is 301 g/mol. The Hall–Kier alpha value is -1.06. The maximum atomic E-state index is 13.2. The van der Waals surface area contributed by atoms with Crippen molar-refractivity contribution in [3.05, 3.63) is 29.6 Å². The van der Waals surface area contributed by atoms with Crippen molar-refractivity contribution in [1.29, 1.82) is 0 Å². The van der Waals surface area contributed by atoms with Gasteiger partial charge in [-0.15, -0.1) is 0 Å². The average molecular weight is 321 g/mol. The minimum absolute atomic E-state index is 0.0548. The minimum Gasteiger partial charge on any atom is -0.392 e. The number of sulfonamides is 1. The van der Waals surface area contributed by atoms with Crippen LogP contribution in [0.1, 0.15) is 12.0 Å². The Morgan fingerprint density at radius 3 is 2.71 bits per heavy atom. The van der Waals surface area contributed by atoms with E-state index in [2.05, 4.69) is 4.72 Å². The lowest BCUT2D eigenvalue weighted by molar-refractivity contribution is 0.0699. The van der Waals surface area contributed by atoms with E-state index in [1.54, 1.807) is 7.11 Å². The summed E-state index contributed by atoms with van der Waals surface area (Å²) in [6.07, 6.45) is 0.511. The van der Waals surface area contributed by atoms with Crippen molar-refractivity contribution in [1.82, 2.24) is 4.72 Å². The summed E-state index contributed by atoms with van der Waals surface area (Å²) in [5.74, 6) is -0.636. The third kappa shape index (κ3) is 6.06. The van der Waals surface area contributed by atoms with Crippen LogP contribution in [-0.2, 0) is 26.1 Å². The first-order valence-corrected chi connectivity index (χ1v) is 7.95. The fourth-order valence-electron chi connectivity index (χ4n) is 1.55. The van der Waals surface area contributed by atoms with Crippen LogP contribution in [0.2, 0.25) is 0 Å². The Labute approximate surface area is 123 Å². The van der Waals surface area contributed by atoms with Crippen LogP contribution in [0.4, 0.5) is 4.39 Å². The van der Waals surface area contributed by atoms with Crippen molar-refractivity contribution in [2.24, 2.45) is 0 Å². The van der Waals surface area contributed by atoms with Gasteiger partial charge in [0.1, 0.15) is 5.82 Å². The highest BCUT2D eigenvalue weighted by atomic mass is 32.2. The van der Waals surface area contributed by atoms with Crippen LogP contribution in [0.15, 0.2) is 23.1 Å². The minimum atomic E-state index is -3.72. The molecule has 0 fully saturated rings. The molecule has 0 atom stereocenters. The molecule has 6 nitrogen and oxygen atoms in total. The molecule has 1 rings (SSSR count). The van der Waals surface area contributed by atoms with E-state index in [1.165, 1.54) is 0 Å². The Kier molecular flexibility index (Phi) is 7.76. The predicted molar refractivity (Wildman–Crippen MR) is 74.8 cm³/mol. The summed E-state index contributed by atoms with van der Waals surface area (Å²) in [6.45, 7) is 1.02. The molecule has 0 amide bonds. The second-order valence-electron chi connectivity index (χ2n) is 4.27. The first kappa shape index (κ1) is 18.0. The van der Waals surface area contributed by atoms with E-state index in [4.69, 9.17) is 14.6 Å². The number of aliphatic hydroxyl groups is 1. The van der Waals surface area contributed by atoms with Gasteiger partial charge in [0.05, 0.1) is 24.7 Å². The van der Waals surface area contributed by atoms with Crippen molar-refractivity contribution < 1.29 is 27.4 Å². The normalized spacial score (nSPS) is 11.8. The highest BCUT2D eigenvalue weighted by Crippen LogP contribution is 2.15. The Morgan fingerprint density at radius 2 is 2.05 bits per heavy atom. The van der Waals surface area contributed by atoms with Gasteiger partial charge in [-0.05, 0) is 24.6 Å². The standard InChI is InChI=1S/C13H20FNO5S/c1-19-7-8-20-6-2-5-15-21(17,18)12-3-4-13(14)11(9-12)10-16/h3-4,9,15-16H,2,5-8,10H2,1H3. The molecule has 0 saturated carbocycles. The molecule has 0 aliphatic rings. The number of ether oxygens (including phenoxy) is 2. The topological polar surface area (TPSA) is 84.9 Å². The summed E-state index contributed by atoms with van der Waals surface area (Å²) in [7, 11) is -2.14. The number of aliphatic hydroxyl groups excluding tert-OH is 1. The van der Waals surface area contributed by atoms with Crippen molar-refractivity contribution in [2.45, 2.75) is 17.9 Å². The fraction of sp³-hybridized carbons (Fsp3) is 0.538. The first-order valence-electron chi connectivity index (χ1n) is 6.47. The number of hydrogen-bond acceptors (Lipinski definition) is 5. The van der Waals surface area contributed by atoms with Crippen LogP contribution in [0.25, 0.3) is 0 Å². The van der Waals surface area contributed by atoms with Crippen LogP contribution >= 0.6 is 0 Å². The molecule has 120 valence electrons. The average Bonchev–Trinajstić information content (AvgIpc) is 2.46. The highest BCUT2D eigenvalue weighted by molar-refractivity contribution is 7.89. The molecule has 0 aliphatic carbocycles. The lowest BCUT2D eigenvalue weighted by Crippen LogP contribution is -2.26. The first-order chi connectivity index (χ1) is 10.0. The molecule has 0 unspecified atom stereocenters. The molecule has 1 aromatic rings. The van der Waals surface area contributed by atoms with E-state index in [0.29, 0.717) is 26.2 Å². The summed E-state index contributed by atoms with van der Waals surface area (Å²) in [5, 5.41) is 8.94. The monoisotopic (exact) mass is 321 g/mol. The van der Waals surface area contributed by atoms with Gasteiger partial charge in [-0.25, -0.2) is 17.5 Å². The molecule has 0 aliphatic heterocycles. The molecule has 1 aromatic carbocycles. The molecule has 0 spiro atoms. The van der Waals surface area contributed by atoms with Gasteiger partial charge >= 0.3 is 0 Å². The van der Waals surface area contributed by atoms with Gasteiger partial charge in [0.15, 0.2) is 0 Å². The molecule has 0 saturated heterocycles. The number of hydrogen-bond donors (Lipinski definition) is 2. The Bertz CT molecular complexity index is 535. The summed E-state index contributed by atoms with van der Waals surface area (Å²) >= 11 is 0. The smallest absolute Gasteiger partial charge is 0.240 e. The number of nitrogens with one attached hydrogen (secondary N) is 1. The van der Waals surface area contributed by atoms with E-state index in [9.17, 15) is 12.8 Å². The molecule has 0 bridgehead atoms. The van der Waals surface area contributed by atoms with E-state index in [1.807, 2.05) is 0 Å². The van der Waals surface area contributed by atoms with Gasteiger partial charge in [0.25, 0.3) is 0 Å². The fourth-order valence-corrected chi connectivity index (χ4v) is 2.67. The maximum absolute atomic E-state index is 13.2. The number of methoxy groups -OCH3 is 1. The van der Waals surface area contributed by atoms with Crippen molar-refractivity contribution in [3.8, 4) is 0 Å². The summed E-state index contributed by atoms with van der Waals surface area (Å²) in [5.41, 5.74) is -0.0548. The maximum Gasteiger partial charge on any atom is 0.240 e. The predicted octanol–water partition coefficient (Wildman–Crippen LogP) is 0.649. The molecule has 0 aromatic heterocycles. The van der Waals surface area contributed by atoms with Crippen molar-refractivity contribution in [2.75, 3.05) is 33.5 Å². The highest BCUT2D eigenvalue weighted by Gasteiger charge is 2.15. The number of rotatable bonds is 10. The number of halogens is 1. The van der Waals surface area contributed by atoms with Crippen LogP contribution in [-0.4, -0.2) is 47.0 Å². The quantitative estimate of drug-likeness (QED) is 0.618. The largest absolute Gasteiger partial charge is 0.392 e. The lowest BCUT2D eigenvalue weighted by Gasteiger charge is -2.08. The second kappa shape index (κ2) is 9.06. The molecule has 2 N–H and O–H groups in total. The molecular formula is C13H20FNO5S. The van der Waals surface area contributed by atoms with E-state index < -0.39 is 22.4 Å². The van der Waals surface area contributed by atoms with Gasteiger partial charge in [-0.3, -0.25) is 0 Å². The van der Waals surface area contributed by atoms with E-state index in [-0.39, 0.29) is 17.0 Å². The molecule has 0 heterocycles. The van der Waals surface area contributed by atoms with Crippen molar-refractivity contribution in [3.63, 3.8) is 0 Å². The van der Waals surface area contributed by atoms with Crippen LogP contribution in [0, 0.1) is 5.82 Å². The zero-order valence-electron chi connectivity index (χ0n) is 11.8. The zero-order valence-corrected chi connectivity index (χ0v) is 12.7. The van der Waals surface area contributed by atoms with Gasteiger partial charge in [-0.1, -0.05) is 0 Å².